The van der Waals surface area contributed by atoms with Crippen molar-refractivity contribution in [2.75, 3.05) is 45.9 Å². The molecule has 24 heavy (non-hydrogen) atoms. The molecule has 2 amide bonds. The van der Waals surface area contributed by atoms with E-state index in [-0.39, 0.29) is 18.0 Å². The van der Waals surface area contributed by atoms with E-state index in [9.17, 15) is 9.59 Å². The Morgan fingerprint density at radius 3 is 2.71 bits per heavy atom. The van der Waals surface area contributed by atoms with Gasteiger partial charge in [-0.15, -0.1) is 11.3 Å². The van der Waals surface area contributed by atoms with Crippen LogP contribution in [-0.2, 0) is 9.53 Å². The minimum Gasteiger partial charge on any atom is -0.450 e. The van der Waals surface area contributed by atoms with Crippen LogP contribution in [0.4, 0.5) is 4.79 Å². The van der Waals surface area contributed by atoms with Gasteiger partial charge in [0, 0.05) is 37.6 Å². The number of rotatable bonds is 4. The lowest BCUT2D eigenvalue weighted by atomic mass is 10.2. The molecule has 2 fully saturated rings. The van der Waals surface area contributed by atoms with Gasteiger partial charge in [-0.3, -0.25) is 9.69 Å². The fraction of sp³-hybridized carbons (Fsp3) is 0.647. The third-order valence-electron chi connectivity index (χ3n) is 4.70. The SMILES string of the molecule is CCOC(=O)N1CCN(CC(=O)N2CCC[C@H]2c2cccs2)CC1. The molecule has 0 aromatic carbocycles. The second-order valence-electron chi connectivity index (χ2n) is 6.22. The summed E-state index contributed by atoms with van der Waals surface area (Å²) < 4.78 is 5.03. The van der Waals surface area contributed by atoms with E-state index in [0.717, 1.165) is 32.5 Å². The van der Waals surface area contributed by atoms with Crippen molar-refractivity contribution in [3.63, 3.8) is 0 Å². The van der Waals surface area contributed by atoms with Crippen LogP contribution < -0.4 is 0 Å². The Bertz CT molecular complexity index is 555. The van der Waals surface area contributed by atoms with Crippen LogP contribution in [0, 0.1) is 0 Å². The van der Waals surface area contributed by atoms with Crippen LogP contribution in [-0.4, -0.2) is 72.6 Å². The van der Waals surface area contributed by atoms with Crippen LogP contribution in [0.2, 0.25) is 0 Å². The standard InChI is InChI=1S/C17H25N3O3S/c1-2-23-17(22)19-10-8-18(9-11-19)13-16(21)20-7-3-5-14(20)15-6-4-12-24-15/h4,6,12,14H,2-3,5,7-11,13H2,1H3/t14-/m0/s1. The molecule has 0 spiro atoms. The lowest BCUT2D eigenvalue weighted by Crippen LogP contribution is -2.51. The van der Waals surface area contributed by atoms with Gasteiger partial charge in [-0.05, 0) is 31.2 Å². The van der Waals surface area contributed by atoms with Gasteiger partial charge in [0.15, 0.2) is 0 Å². The molecule has 0 saturated carbocycles. The van der Waals surface area contributed by atoms with Crippen molar-refractivity contribution in [2.45, 2.75) is 25.8 Å². The van der Waals surface area contributed by atoms with E-state index in [1.165, 1.54) is 4.88 Å². The summed E-state index contributed by atoms with van der Waals surface area (Å²) in [7, 11) is 0. The number of hydrogen-bond donors (Lipinski definition) is 0. The summed E-state index contributed by atoms with van der Waals surface area (Å²) in [5.74, 6) is 0.204. The number of hydrogen-bond acceptors (Lipinski definition) is 5. The minimum atomic E-state index is -0.249. The van der Waals surface area contributed by atoms with Gasteiger partial charge in [0.25, 0.3) is 0 Å². The average molecular weight is 351 g/mol. The van der Waals surface area contributed by atoms with Gasteiger partial charge >= 0.3 is 6.09 Å². The highest BCUT2D eigenvalue weighted by Crippen LogP contribution is 2.34. The van der Waals surface area contributed by atoms with Gasteiger partial charge in [-0.1, -0.05) is 6.07 Å². The predicted molar refractivity (Wildman–Crippen MR) is 93.0 cm³/mol. The molecule has 1 aromatic rings. The monoisotopic (exact) mass is 351 g/mol. The molecular formula is C17H25N3O3S. The van der Waals surface area contributed by atoms with Gasteiger partial charge in [0.05, 0.1) is 19.2 Å². The minimum absolute atomic E-state index is 0.204. The third kappa shape index (κ3) is 3.89. The second kappa shape index (κ2) is 7.98. The van der Waals surface area contributed by atoms with E-state index < -0.39 is 0 Å². The van der Waals surface area contributed by atoms with Crippen LogP contribution in [0.5, 0.6) is 0 Å². The van der Waals surface area contributed by atoms with E-state index in [4.69, 9.17) is 4.74 Å². The molecule has 132 valence electrons. The number of piperazine rings is 1. The van der Waals surface area contributed by atoms with Crippen molar-refractivity contribution >= 4 is 23.3 Å². The van der Waals surface area contributed by atoms with E-state index in [2.05, 4.69) is 22.4 Å². The largest absolute Gasteiger partial charge is 0.450 e. The normalized spacial score (nSPS) is 22.0. The fourth-order valence-electron chi connectivity index (χ4n) is 3.43. The molecular weight excluding hydrogens is 326 g/mol. The summed E-state index contributed by atoms with van der Waals surface area (Å²) in [5.41, 5.74) is 0. The van der Waals surface area contributed by atoms with Crippen LogP contribution in [0.1, 0.15) is 30.7 Å². The number of likely N-dealkylation sites (tertiary alicyclic amines) is 1. The number of thiophene rings is 1. The Hall–Kier alpha value is -1.60. The molecule has 0 aliphatic carbocycles. The number of ether oxygens (including phenoxy) is 1. The Labute approximate surface area is 147 Å². The van der Waals surface area contributed by atoms with Crippen molar-refractivity contribution in [3.8, 4) is 0 Å². The first-order chi connectivity index (χ1) is 11.7. The molecule has 1 atom stereocenters. The average Bonchev–Trinajstić information content (AvgIpc) is 3.26. The molecule has 7 heteroatoms. The van der Waals surface area contributed by atoms with E-state index >= 15 is 0 Å². The van der Waals surface area contributed by atoms with Gasteiger partial charge in [0.1, 0.15) is 0 Å². The van der Waals surface area contributed by atoms with Crippen LogP contribution in [0.15, 0.2) is 17.5 Å². The van der Waals surface area contributed by atoms with Crippen molar-refractivity contribution < 1.29 is 14.3 Å². The van der Waals surface area contributed by atoms with Gasteiger partial charge in [0.2, 0.25) is 5.91 Å². The zero-order valence-corrected chi connectivity index (χ0v) is 15.0. The zero-order chi connectivity index (χ0) is 16.9. The lowest BCUT2D eigenvalue weighted by Gasteiger charge is -2.35. The molecule has 0 bridgehead atoms. The second-order valence-corrected chi connectivity index (χ2v) is 7.20. The highest BCUT2D eigenvalue weighted by molar-refractivity contribution is 7.10. The van der Waals surface area contributed by atoms with Crippen molar-refractivity contribution in [2.24, 2.45) is 0 Å². The molecule has 2 aliphatic rings. The molecule has 2 aliphatic heterocycles. The van der Waals surface area contributed by atoms with Crippen molar-refractivity contribution in [1.82, 2.24) is 14.7 Å². The maximum absolute atomic E-state index is 12.7. The highest BCUT2D eigenvalue weighted by Gasteiger charge is 2.32. The third-order valence-corrected chi connectivity index (χ3v) is 5.68. The predicted octanol–water partition coefficient (Wildman–Crippen LogP) is 2.19. The first-order valence-corrected chi connectivity index (χ1v) is 9.54. The van der Waals surface area contributed by atoms with Crippen molar-refractivity contribution in [3.05, 3.63) is 22.4 Å². The molecule has 0 N–H and O–H groups in total. The zero-order valence-electron chi connectivity index (χ0n) is 14.1. The molecule has 1 aromatic heterocycles. The number of carbonyl (C=O) groups excluding carboxylic acids is 2. The molecule has 3 rings (SSSR count). The molecule has 3 heterocycles. The maximum Gasteiger partial charge on any atom is 0.409 e. The van der Waals surface area contributed by atoms with Gasteiger partial charge in [-0.2, -0.15) is 0 Å². The Kier molecular flexibility index (Phi) is 5.73. The molecule has 0 unspecified atom stereocenters. The van der Waals surface area contributed by atoms with Gasteiger partial charge in [-0.25, -0.2) is 4.79 Å². The topological polar surface area (TPSA) is 53.1 Å². The summed E-state index contributed by atoms with van der Waals surface area (Å²) in [4.78, 5) is 31.6. The molecule has 6 nitrogen and oxygen atoms in total. The molecule has 0 radical (unpaired) electrons. The maximum atomic E-state index is 12.7. The van der Waals surface area contributed by atoms with Crippen LogP contribution in [0.25, 0.3) is 0 Å². The van der Waals surface area contributed by atoms with Crippen LogP contribution >= 0.6 is 11.3 Å². The summed E-state index contributed by atoms with van der Waals surface area (Å²) in [5, 5.41) is 2.07. The summed E-state index contributed by atoms with van der Waals surface area (Å²) in [6.07, 6.45) is 1.88. The number of carbonyl (C=O) groups is 2. The summed E-state index contributed by atoms with van der Waals surface area (Å²) >= 11 is 1.73. The fourth-order valence-corrected chi connectivity index (χ4v) is 4.30. The quantitative estimate of drug-likeness (QED) is 0.834. The lowest BCUT2D eigenvalue weighted by molar-refractivity contribution is -0.133. The number of nitrogens with zero attached hydrogens (tertiary/aromatic N) is 3. The Morgan fingerprint density at radius 1 is 1.25 bits per heavy atom. The van der Waals surface area contributed by atoms with Crippen molar-refractivity contribution in [1.29, 1.82) is 0 Å². The highest BCUT2D eigenvalue weighted by atomic mass is 32.1. The van der Waals surface area contributed by atoms with Gasteiger partial charge < -0.3 is 14.5 Å². The van der Waals surface area contributed by atoms with Crippen LogP contribution in [0.3, 0.4) is 0 Å². The Balaban J connectivity index is 1.50. The first kappa shape index (κ1) is 17.2. The van der Waals surface area contributed by atoms with E-state index in [0.29, 0.717) is 26.2 Å². The first-order valence-electron chi connectivity index (χ1n) is 8.66. The summed E-state index contributed by atoms with van der Waals surface area (Å²) in [6, 6.07) is 4.42. The summed E-state index contributed by atoms with van der Waals surface area (Å²) in [6.45, 7) is 6.21. The number of amides is 2. The van der Waals surface area contributed by atoms with E-state index in [1.54, 1.807) is 16.2 Å². The van der Waals surface area contributed by atoms with E-state index in [1.807, 2.05) is 11.8 Å². The Morgan fingerprint density at radius 2 is 2.04 bits per heavy atom. The molecule has 2 saturated heterocycles. The smallest absolute Gasteiger partial charge is 0.409 e.